The third-order valence-electron chi connectivity index (χ3n) is 2.91. The van der Waals surface area contributed by atoms with Crippen LogP contribution in [0, 0.1) is 13.8 Å². The van der Waals surface area contributed by atoms with Crippen molar-refractivity contribution < 1.29 is 0 Å². The van der Waals surface area contributed by atoms with Crippen LogP contribution < -0.4 is 0 Å². The van der Waals surface area contributed by atoms with Gasteiger partial charge >= 0.3 is 0 Å². The fraction of sp³-hybridized carbons (Fsp3) is 0.308. The molecule has 0 bridgehead atoms. The second-order valence-corrected chi connectivity index (χ2v) is 5.49. The Bertz CT molecular complexity index is 525. The number of aryl methyl sites for hydroxylation is 4. The lowest BCUT2D eigenvalue weighted by molar-refractivity contribution is 0.931. The van der Waals surface area contributed by atoms with Crippen LogP contribution in [0.25, 0.3) is 10.6 Å². The number of hydrogen-bond donors (Lipinski definition) is 0. The molecule has 0 saturated heterocycles. The highest BCUT2D eigenvalue weighted by Crippen LogP contribution is 2.38. The van der Waals surface area contributed by atoms with E-state index in [9.17, 15) is 0 Å². The van der Waals surface area contributed by atoms with Crippen molar-refractivity contribution in [3.05, 3.63) is 39.9 Å². The number of nitrogens with zero attached hydrogens (tertiary/aromatic N) is 1. The van der Waals surface area contributed by atoms with Crippen molar-refractivity contribution in [1.82, 2.24) is 4.98 Å². The molecule has 15 heavy (non-hydrogen) atoms. The summed E-state index contributed by atoms with van der Waals surface area (Å²) >= 11 is 1.88. The molecule has 0 aliphatic heterocycles. The van der Waals surface area contributed by atoms with E-state index in [1.165, 1.54) is 38.6 Å². The van der Waals surface area contributed by atoms with Crippen LogP contribution in [-0.4, -0.2) is 4.98 Å². The minimum absolute atomic E-state index is 1.15. The normalized spacial score (nSPS) is 13.5. The molecule has 2 aromatic heterocycles. The van der Waals surface area contributed by atoms with E-state index >= 15 is 0 Å². The van der Waals surface area contributed by atoms with Gasteiger partial charge in [-0.15, -0.1) is 11.3 Å². The molecule has 76 valence electrons. The van der Waals surface area contributed by atoms with Crippen LogP contribution in [0.1, 0.15) is 21.6 Å². The fourth-order valence-corrected chi connectivity index (χ4v) is 3.34. The topological polar surface area (TPSA) is 12.9 Å². The number of rotatable bonds is 0. The van der Waals surface area contributed by atoms with Gasteiger partial charge in [-0.3, -0.25) is 4.98 Å². The molecule has 0 radical (unpaired) electrons. The van der Waals surface area contributed by atoms with Gasteiger partial charge in [0.25, 0.3) is 0 Å². The summed E-state index contributed by atoms with van der Waals surface area (Å²) in [6.07, 6.45) is 4.30. The molecule has 0 saturated carbocycles. The SMILES string of the molecule is Cc1cnc2c(c1)CCc1cc(C)sc1-2. The molecule has 0 spiro atoms. The highest BCUT2D eigenvalue weighted by atomic mass is 32.1. The van der Waals surface area contributed by atoms with Crippen LogP contribution >= 0.6 is 11.3 Å². The lowest BCUT2D eigenvalue weighted by Crippen LogP contribution is -2.03. The van der Waals surface area contributed by atoms with Crippen molar-refractivity contribution in [2.45, 2.75) is 26.7 Å². The predicted octanol–water partition coefficient (Wildman–Crippen LogP) is 3.53. The quantitative estimate of drug-likeness (QED) is 0.655. The molecule has 1 aliphatic carbocycles. The van der Waals surface area contributed by atoms with E-state index in [4.69, 9.17) is 0 Å². The lowest BCUT2D eigenvalue weighted by atomic mass is 9.94. The monoisotopic (exact) mass is 215 g/mol. The van der Waals surface area contributed by atoms with Gasteiger partial charge in [-0.2, -0.15) is 0 Å². The van der Waals surface area contributed by atoms with E-state index in [0.717, 1.165) is 6.42 Å². The first-order valence-electron chi connectivity index (χ1n) is 5.29. The Balaban J connectivity index is 2.25. The number of thiophene rings is 1. The minimum Gasteiger partial charge on any atom is -0.255 e. The molecule has 0 fully saturated rings. The molecule has 1 nitrogen and oxygen atoms in total. The molecule has 0 amide bonds. The Morgan fingerprint density at radius 2 is 1.93 bits per heavy atom. The summed E-state index contributed by atoms with van der Waals surface area (Å²) in [5.41, 5.74) is 5.40. The first-order chi connectivity index (χ1) is 7.24. The van der Waals surface area contributed by atoms with Gasteiger partial charge in [0.05, 0.1) is 10.6 Å². The smallest absolute Gasteiger partial charge is 0.0836 e. The highest BCUT2D eigenvalue weighted by molar-refractivity contribution is 7.15. The predicted molar refractivity (Wildman–Crippen MR) is 64.4 cm³/mol. The van der Waals surface area contributed by atoms with Gasteiger partial charge in [0.2, 0.25) is 0 Å². The molecule has 0 aromatic carbocycles. The zero-order valence-electron chi connectivity index (χ0n) is 9.00. The number of aromatic nitrogens is 1. The first kappa shape index (κ1) is 9.10. The summed E-state index contributed by atoms with van der Waals surface area (Å²) in [4.78, 5) is 7.38. The van der Waals surface area contributed by atoms with Crippen LogP contribution in [0.4, 0.5) is 0 Å². The summed E-state index contributed by atoms with van der Waals surface area (Å²) in [6.45, 7) is 4.29. The fourth-order valence-electron chi connectivity index (χ4n) is 2.25. The van der Waals surface area contributed by atoms with Crippen molar-refractivity contribution in [3.63, 3.8) is 0 Å². The van der Waals surface area contributed by atoms with E-state index in [1.807, 2.05) is 17.5 Å². The minimum atomic E-state index is 1.15. The lowest BCUT2D eigenvalue weighted by Gasteiger charge is -2.15. The van der Waals surface area contributed by atoms with Crippen LogP contribution in [0.15, 0.2) is 18.3 Å². The average Bonchev–Trinajstić information content (AvgIpc) is 2.58. The average molecular weight is 215 g/mol. The molecule has 2 heterocycles. The van der Waals surface area contributed by atoms with E-state index in [0.29, 0.717) is 0 Å². The van der Waals surface area contributed by atoms with Gasteiger partial charge in [-0.25, -0.2) is 0 Å². The molecule has 2 heteroatoms. The summed E-state index contributed by atoms with van der Waals surface area (Å²) in [5.74, 6) is 0. The van der Waals surface area contributed by atoms with Gasteiger partial charge in [0.15, 0.2) is 0 Å². The summed E-state index contributed by atoms with van der Waals surface area (Å²) in [5, 5.41) is 0. The Labute approximate surface area is 93.8 Å². The molecule has 2 aromatic rings. The van der Waals surface area contributed by atoms with Crippen molar-refractivity contribution in [1.29, 1.82) is 0 Å². The van der Waals surface area contributed by atoms with E-state index in [-0.39, 0.29) is 0 Å². The second-order valence-electron chi connectivity index (χ2n) is 4.23. The van der Waals surface area contributed by atoms with Crippen LogP contribution in [0.2, 0.25) is 0 Å². The molecular formula is C13H13NS. The highest BCUT2D eigenvalue weighted by Gasteiger charge is 2.19. The van der Waals surface area contributed by atoms with Crippen molar-refractivity contribution in [3.8, 4) is 10.6 Å². The molecular weight excluding hydrogens is 202 g/mol. The van der Waals surface area contributed by atoms with Gasteiger partial charge < -0.3 is 0 Å². The van der Waals surface area contributed by atoms with Gasteiger partial charge in [-0.1, -0.05) is 6.07 Å². The Morgan fingerprint density at radius 3 is 2.80 bits per heavy atom. The molecule has 0 atom stereocenters. The van der Waals surface area contributed by atoms with Crippen LogP contribution in [0.3, 0.4) is 0 Å². The third kappa shape index (κ3) is 1.40. The number of fused-ring (bicyclic) bond motifs is 3. The number of pyridine rings is 1. The molecule has 1 aliphatic rings. The third-order valence-corrected chi connectivity index (χ3v) is 4.01. The Morgan fingerprint density at radius 1 is 1.13 bits per heavy atom. The summed E-state index contributed by atoms with van der Waals surface area (Å²) < 4.78 is 0. The van der Waals surface area contributed by atoms with E-state index < -0.39 is 0 Å². The van der Waals surface area contributed by atoms with Gasteiger partial charge in [-0.05, 0) is 49.4 Å². The second kappa shape index (κ2) is 3.17. The zero-order chi connectivity index (χ0) is 10.4. The first-order valence-corrected chi connectivity index (χ1v) is 6.11. The summed E-state index contributed by atoms with van der Waals surface area (Å²) in [7, 11) is 0. The summed E-state index contributed by atoms with van der Waals surface area (Å²) in [6, 6.07) is 4.59. The van der Waals surface area contributed by atoms with Crippen molar-refractivity contribution in [2.24, 2.45) is 0 Å². The maximum Gasteiger partial charge on any atom is 0.0836 e. The van der Waals surface area contributed by atoms with E-state index in [1.54, 1.807) is 0 Å². The van der Waals surface area contributed by atoms with Gasteiger partial charge in [0, 0.05) is 11.1 Å². The largest absolute Gasteiger partial charge is 0.255 e. The standard InChI is InChI=1S/C13H13NS/c1-8-5-10-3-4-11-6-9(2)15-13(11)12(10)14-7-8/h5-7H,3-4H2,1-2H3. The Kier molecular flexibility index (Phi) is 1.93. The van der Waals surface area contributed by atoms with Crippen LogP contribution in [-0.2, 0) is 12.8 Å². The maximum absolute atomic E-state index is 4.58. The zero-order valence-corrected chi connectivity index (χ0v) is 9.82. The van der Waals surface area contributed by atoms with Crippen molar-refractivity contribution in [2.75, 3.05) is 0 Å². The van der Waals surface area contributed by atoms with E-state index in [2.05, 4.69) is 31.0 Å². The van der Waals surface area contributed by atoms with Crippen molar-refractivity contribution >= 4 is 11.3 Å². The molecule has 3 rings (SSSR count). The number of hydrogen-bond acceptors (Lipinski definition) is 2. The maximum atomic E-state index is 4.58. The van der Waals surface area contributed by atoms with Crippen LogP contribution in [0.5, 0.6) is 0 Å². The molecule has 0 unspecified atom stereocenters. The Hall–Kier alpha value is -1.15. The van der Waals surface area contributed by atoms with Gasteiger partial charge in [0.1, 0.15) is 0 Å². The molecule has 0 N–H and O–H groups in total.